The number of nitrogens with two attached hydrogens (primary N) is 1. The monoisotopic (exact) mass is 155 g/mol. The Balaban J connectivity index is 3.07. The topological polar surface area (TPSA) is 51.8 Å². The fraction of sp³-hybridized carbons (Fsp3) is 0.333. The third-order valence-corrected chi connectivity index (χ3v) is 1.78. The summed E-state index contributed by atoms with van der Waals surface area (Å²) in [6, 6.07) is 0. The Hall–Kier alpha value is -0.770. The van der Waals surface area contributed by atoms with Crippen molar-refractivity contribution in [3.8, 4) is 0 Å². The summed E-state index contributed by atoms with van der Waals surface area (Å²) in [4.78, 5) is 8.11. The summed E-state index contributed by atoms with van der Waals surface area (Å²) < 4.78 is 0. The van der Waals surface area contributed by atoms with E-state index in [1.165, 1.54) is 11.8 Å². The molecule has 1 rings (SSSR count). The lowest BCUT2D eigenvalue weighted by Gasteiger charge is -1.99. The molecular weight excluding hydrogens is 146 g/mol. The maximum absolute atomic E-state index is 5.54. The summed E-state index contributed by atoms with van der Waals surface area (Å²) in [5, 5.41) is 0.797. The molecule has 2 N–H and O–H groups in total. The highest BCUT2D eigenvalue weighted by molar-refractivity contribution is 7.98. The van der Waals surface area contributed by atoms with Gasteiger partial charge >= 0.3 is 0 Å². The molecule has 0 aliphatic rings. The number of anilines is 1. The van der Waals surface area contributed by atoms with E-state index in [2.05, 4.69) is 9.97 Å². The predicted octanol–water partition coefficient (Wildman–Crippen LogP) is 1.09. The Kier molecular flexibility index (Phi) is 2.11. The van der Waals surface area contributed by atoms with Crippen molar-refractivity contribution in [1.82, 2.24) is 9.97 Å². The average molecular weight is 155 g/mol. The third-order valence-electron chi connectivity index (χ3n) is 1.08. The minimum Gasteiger partial charge on any atom is -0.381 e. The number of thioether (sulfide) groups is 1. The standard InChI is InChI=1S/C6H9N3S/c1-4-3-8-6(10-2)5(7)9-4/h3H,1-2H3,(H2,7,9). The molecule has 1 aromatic rings. The van der Waals surface area contributed by atoms with E-state index in [0.29, 0.717) is 5.82 Å². The molecule has 0 radical (unpaired) electrons. The number of hydrogen-bond donors (Lipinski definition) is 1. The van der Waals surface area contributed by atoms with Gasteiger partial charge in [0.25, 0.3) is 0 Å². The second-order valence-electron chi connectivity index (χ2n) is 1.91. The number of nitrogen functional groups attached to an aromatic ring is 1. The van der Waals surface area contributed by atoms with Gasteiger partial charge in [-0.3, -0.25) is 0 Å². The SMILES string of the molecule is CSc1ncc(C)nc1N. The molecule has 3 nitrogen and oxygen atoms in total. The molecule has 0 bridgehead atoms. The van der Waals surface area contributed by atoms with Gasteiger partial charge in [0.05, 0.1) is 5.69 Å². The molecule has 0 atom stereocenters. The summed E-state index contributed by atoms with van der Waals surface area (Å²) in [5.74, 6) is 0.521. The van der Waals surface area contributed by atoms with E-state index in [-0.39, 0.29) is 0 Å². The fourth-order valence-corrected chi connectivity index (χ4v) is 1.06. The average Bonchev–Trinajstić information content (AvgIpc) is 1.88. The molecule has 0 amide bonds. The van der Waals surface area contributed by atoms with E-state index < -0.39 is 0 Å². The van der Waals surface area contributed by atoms with Gasteiger partial charge in [-0.1, -0.05) is 0 Å². The number of rotatable bonds is 1. The van der Waals surface area contributed by atoms with Gasteiger partial charge in [0.1, 0.15) is 5.03 Å². The van der Waals surface area contributed by atoms with Crippen molar-refractivity contribution >= 4 is 17.6 Å². The van der Waals surface area contributed by atoms with Gasteiger partial charge in [-0.15, -0.1) is 11.8 Å². The van der Waals surface area contributed by atoms with Crippen LogP contribution >= 0.6 is 11.8 Å². The Morgan fingerprint density at radius 1 is 1.60 bits per heavy atom. The van der Waals surface area contributed by atoms with Crippen LogP contribution in [-0.2, 0) is 0 Å². The molecule has 0 saturated carbocycles. The van der Waals surface area contributed by atoms with E-state index in [9.17, 15) is 0 Å². The number of nitrogens with zero attached hydrogens (tertiary/aromatic N) is 2. The van der Waals surface area contributed by atoms with Crippen LogP contribution in [-0.4, -0.2) is 16.2 Å². The smallest absolute Gasteiger partial charge is 0.156 e. The van der Waals surface area contributed by atoms with Crippen LogP contribution in [0.25, 0.3) is 0 Å². The summed E-state index contributed by atoms with van der Waals surface area (Å²) in [6.45, 7) is 1.87. The lowest BCUT2D eigenvalue weighted by molar-refractivity contribution is 1.03. The van der Waals surface area contributed by atoms with E-state index in [0.717, 1.165) is 10.7 Å². The van der Waals surface area contributed by atoms with Gasteiger partial charge in [0.15, 0.2) is 5.82 Å². The van der Waals surface area contributed by atoms with Gasteiger partial charge in [0, 0.05) is 6.20 Å². The lowest BCUT2D eigenvalue weighted by Crippen LogP contribution is -1.96. The van der Waals surface area contributed by atoms with Gasteiger partial charge in [-0.25, -0.2) is 9.97 Å². The van der Waals surface area contributed by atoms with Crippen molar-refractivity contribution in [2.24, 2.45) is 0 Å². The second-order valence-corrected chi connectivity index (χ2v) is 2.70. The van der Waals surface area contributed by atoms with E-state index in [1.807, 2.05) is 13.2 Å². The van der Waals surface area contributed by atoms with Gasteiger partial charge in [0.2, 0.25) is 0 Å². The molecule has 0 saturated heterocycles. The van der Waals surface area contributed by atoms with Crippen LogP contribution in [0.4, 0.5) is 5.82 Å². The first-order chi connectivity index (χ1) is 4.74. The molecule has 4 heteroatoms. The largest absolute Gasteiger partial charge is 0.381 e. The zero-order chi connectivity index (χ0) is 7.56. The minimum atomic E-state index is 0.521. The van der Waals surface area contributed by atoms with Crippen LogP contribution in [0.1, 0.15) is 5.69 Å². The Morgan fingerprint density at radius 3 is 2.80 bits per heavy atom. The molecule has 0 aromatic carbocycles. The summed E-state index contributed by atoms with van der Waals surface area (Å²) in [5.41, 5.74) is 6.39. The molecule has 1 heterocycles. The molecule has 0 spiro atoms. The van der Waals surface area contributed by atoms with E-state index in [4.69, 9.17) is 5.73 Å². The van der Waals surface area contributed by atoms with E-state index in [1.54, 1.807) is 6.20 Å². The Bertz CT molecular complexity index is 236. The predicted molar refractivity (Wildman–Crippen MR) is 43.0 cm³/mol. The zero-order valence-electron chi connectivity index (χ0n) is 5.96. The highest BCUT2D eigenvalue weighted by Gasteiger charge is 1.98. The zero-order valence-corrected chi connectivity index (χ0v) is 6.77. The highest BCUT2D eigenvalue weighted by atomic mass is 32.2. The molecule has 54 valence electrons. The molecule has 10 heavy (non-hydrogen) atoms. The summed E-state index contributed by atoms with van der Waals surface area (Å²) in [7, 11) is 0. The molecule has 0 aliphatic carbocycles. The highest BCUT2D eigenvalue weighted by Crippen LogP contribution is 2.16. The number of aromatic nitrogens is 2. The lowest BCUT2D eigenvalue weighted by atomic mass is 10.5. The van der Waals surface area contributed by atoms with Gasteiger partial charge < -0.3 is 5.73 Å². The fourth-order valence-electron chi connectivity index (χ4n) is 0.642. The maximum Gasteiger partial charge on any atom is 0.156 e. The van der Waals surface area contributed by atoms with Crippen LogP contribution in [0, 0.1) is 6.92 Å². The molecule has 0 fully saturated rings. The normalized spacial score (nSPS) is 9.80. The van der Waals surface area contributed by atoms with Crippen LogP contribution in [0.15, 0.2) is 11.2 Å². The van der Waals surface area contributed by atoms with Gasteiger partial charge in [-0.05, 0) is 13.2 Å². The van der Waals surface area contributed by atoms with Crippen molar-refractivity contribution < 1.29 is 0 Å². The molecule has 1 aromatic heterocycles. The molecule has 0 unspecified atom stereocenters. The van der Waals surface area contributed by atoms with Crippen LogP contribution in [0.2, 0.25) is 0 Å². The Labute approximate surface area is 64.1 Å². The third kappa shape index (κ3) is 1.39. The quantitative estimate of drug-likeness (QED) is 0.617. The molecule has 0 aliphatic heterocycles. The first kappa shape index (κ1) is 7.34. The van der Waals surface area contributed by atoms with Gasteiger partial charge in [-0.2, -0.15) is 0 Å². The molecular formula is C6H9N3S. The minimum absolute atomic E-state index is 0.521. The number of hydrogen-bond acceptors (Lipinski definition) is 4. The van der Waals surface area contributed by atoms with Crippen molar-refractivity contribution in [3.63, 3.8) is 0 Å². The van der Waals surface area contributed by atoms with Crippen LogP contribution in [0.3, 0.4) is 0 Å². The van der Waals surface area contributed by atoms with Crippen LogP contribution < -0.4 is 5.73 Å². The first-order valence-corrected chi connectivity index (χ1v) is 4.09. The van der Waals surface area contributed by atoms with E-state index >= 15 is 0 Å². The van der Waals surface area contributed by atoms with Crippen molar-refractivity contribution in [2.75, 3.05) is 12.0 Å². The number of aryl methyl sites for hydroxylation is 1. The summed E-state index contributed by atoms with van der Waals surface area (Å²) in [6.07, 6.45) is 3.64. The Morgan fingerprint density at radius 2 is 2.30 bits per heavy atom. The van der Waals surface area contributed by atoms with Crippen molar-refractivity contribution in [3.05, 3.63) is 11.9 Å². The van der Waals surface area contributed by atoms with Crippen LogP contribution in [0.5, 0.6) is 0 Å². The first-order valence-electron chi connectivity index (χ1n) is 2.87. The van der Waals surface area contributed by atoms with Crippen molar-refractivity contribution in [1.29, 1.82) is 0 Å². The maximum atomic E-state index is 5.54. The van der Waals surface area contributed by atoms with Crippen molar-refractivity contribution in [2.45, 2.75) is 11.9 Å². The summed E-state index contributed by atoms with van der Waals surface area (Å²) >= 11 is 1.51. The second kappa shape index (κ2) is 2.88.